The normalized spacial score (nSPS) is 16.6. The van der Waals surface area contributed by atoms with E-state index in [1.807, 2.05) is 70.0 Å². The Hall–Kier alpha value is -2.75. The first-order valence-corrected chi connectivity index (χ1v) is 11.3. The molecular weight excluding hydrogens is 386 g/mol. The largest absolute Gasteiger partial charge is 0.345 e. The summed E-state index contributed by atoms with van der Waals surface area (Å²) in [6, 6.07) is 25.7. The van der Waals surface area contributed by atoms with Gasteiger partial charge < -0.3 is 19.0 Å². The molecule has 1 fully saturated rings. The predicted octanol–water partition coefficient (Wildman–Crippen LogP) is 5.24. The van der Waals surface area contributed by atoms with Crippen molar-refractivity contribution < 1.29 is 14.1 Å². The zero-order chi connectivity index (χ0) is 20.3. The van der Waals surface area contributed by atoms with Crippen molar-refractivity contribution >= 4 is 25.5 Å². The lowest BCUT2D eigenvalue weighted by atomic mass is 10.1. The van der Waals surface area contributed by atoms with E-state index in [2.05, 4.69) is 0 Å². The summed E-state index contributed by atoms with van der Waals surface area (Å²) in [5.41, 5.74) is 2.14. The fourth-order valence-corrected chi connectivity index (χ4v) is 7.59. The average Bonchev–Trinajstić information content (AvgIpc) is 3.12. The Bertz CT molecular complexity index is 906. The van der Waals surface area contributed by atoms with Gasteiger partial charge >= 0.3 is 0 Å². The van der Waals surface area contributed by atoms with Crippen LogP contribution in [0, 0.1) is 5.82 Å². The number of halogens is 1. The quantitative estimate of drug-likeness (QED) is 0.447. The highest BCUT2D eigenvalue weighted by molar-refractivity contribution is 7.74. The highest BCUT2D eigenvalue weighted by atomic mass is 31.2. The van der Waals surface area contributed by atoms with Crippen molar-refractivity contribution in [2.24, 2.45) is 0 Å². The van der Waals surface area contributed by atoms with Crippen molar-refractivity contribution in [3.63, 3.8) is 0 Å². The van der Waals surface area contributed by atoms with Gasteiger partial charge in [-0.2, -0.15) is 0 Å². The average molecular weight is 409 g/mol. The zero-order valence-corrected chi connectivity index (χ0v) is 16.8. The Morgan fingerprint density at radius 2 is 1.34 bits per heavy atom. The predicted molar refractivity (Wildman–Crippen MR) is 117 cm³/mol. The fraction of sp³-hybridized carbons (Fsp3) is 0.174. The lowest BCUT2D eigenvalue weighted by Crippen LogP contribution is -2.29. The molecule has 1 radical (unpaired) electrons. The number of anilines is 2. The Balaban J connectivity index is 1.86. The van der Waals surface area contributed by atoms with Crippen molar-refractivity contribution in [3.05, 3.63) is 96.3 Å². The van der Waals surface area contributed by atoms with E-state index in [1.54, 1.807) is 12.1 Å². The van der Waals surface area contributed by atoms with E-state index in [0.717, 1.165) is 23.2 Å². The van der Waals surface area contributed by atoms with Gasteiger partial charge in [0.15, 0.2) is 7.79 Å². The van der Waals surface area contributed by atoms with Gasteiger partial charge in [-0.25, -0.2) is 4.39 Å². The van der Waals surface area contributed by atoms with Crippen molar-refractivity contribution in [1.29, 1.82) is 0 Å². The van der Waals surface area contributed by atoms with E-state index in [9.17, 15) is 14.1 Å². The van der Waals surface area contributed by atoms with Crippen LogP contribution in [0.5, 0.6) is 0 Å². The summed E-state index contributed by atoms with van der Waals surface area (Å²) in [5.74, 6) is -0.338. The van der Waals surface area contributed by atoms with Gasteiger partial charge in [-0.3, -0.25) is 0 Å². The minimum Gasteiger partial charge on any atom is -0.345 e. The lowest BCUT2D eigenvalue weighted by molar-refractivity contribution is -0.107. The maximum atomic E-state index is 13.5. The van der Waals surface area contributed by atoms with Gasteiger partial charge in [0.1, 0.15) is 12.1 Å². The number of hydrogen-bond acceptors (Lipinski definition) is 4. The molecule has 3 aromatic carbocycles. The molecule has 1 atom stereocenters. The standard InChI is InChI=1S/C23H23FN2O2P/c24-20-13-11-19(12-14-20)23(15-18-27)29(28)25(21-7-3-1-4-8-21)16-17-26(29)22-9-5-2-6-10-22/h1-14,18,23,28H,15-17H2. The van der Waals surface area contributed by atoms with E-state index in [1.165, 1.54) is 12.1 Å². The Labute approximate surface area is 170 Å². The van der Waals surface area contributed by atoms with Gasteiger partial charge in [-0.05, 0) is 42.0 Å². The summed E-state index contributed by atoms with van der Waals surface area (Å²) in [6.07, 6.45) is 0.999. The lowest BCUT2D eigenvalue weighted by Gasteiger charge is -2.47. The highest BCUT2D eigenvalue weighted by Crippen LogP contribution is 2.75. The highest BCUT2D eigenvalue weighted by Gasteiger charge is 2.51. The van der Waals surface area contributed by atoms with Gasteiger partial charge in [0.25, 0.3) is 0 Å². The van der Waals surface area contributed by atoms with E-state index < -0.39 is 13.4 Å². The summed E-state index contributed by atoms with van der Waals surface area (Å²) in [7, 11) is -3.03. The molecule has 0 aromatic heterocycles. The fourth-order valence-electron chi connectivity index (χ4n) is 4.00. The molecule has 6 heteroatoms. The van der Waals surface area contributed by atoms with Crippen LogP contribution in [0.1, 0.15) is 17.6 Å². The van der Waals surface area contributed by atoms with Crippen molar-refractivity contribution in [2.75, 3.05) is 22.4 Å². The van der Waals surface area contributed by atoms with Crippen LogP contribution in [0.4, 0.5) is 15.8 Å². The number of carbonyl (C=O) groups is 1. The molecule has 149 valence electrons. The topological polar surface area (TPSA) is 43.8 Å². The van der Waals surface area contributed by atoms with E-state index in [0.29, 0.717) is 13.1 Å². The molecule has 1 heterocycles. The number of rotatable bonds is 6. The van der Waals surface area contributed by atoms with Crippen LogP contribution < -0.4 is 9.34 Å². The second kappa shape index (κ2) is 8.32. The summed E-state index contributed by atoms with van der Waals surface area (Å²) in [6.45, 7) is 1.28. The SMILES string of the molecule is O=CCC(c1ccc(F)cc1)[P]1(O)N(c2ccccc2)CCN1c1ccccc1. The first kappa shape index (κ1) is 19.6. The maximum absolute atomic E-state index is 13.5. The molecule has 4 rings (SSSR count). The molecule has 1 saturated heterocycles. The number of para-hydroxylation sites is 2. The molecule has 4 nitrogen and oxygen atoms in total. The molecule has 0 saturated carbocycles. The Morgan fingerprint density at radius 1 is 0.862 bits per heavy atom. The second-order valence-electron chi connectivity index (χ2n) is 7.00. The van der Waals surface area contributed by atoms with Crippen LogP contribution in [-0.2, 0) is 4.79 Å². The van der Waals surface area contributed by atoms with Crippen LogP contribution in [0.2, 0.25) is 0 Å². The number of benzene rings is 3. The summed E-state index contributed by atoms with van der Waals surface area (Å²) in [5, 5.41) is 0. The minimum absolute atomic E-state index is 0.155. The van der Waals surface area contributed by atoms with E-state index >= 15 is 0 Å². The van der Waals surface area contributed by atoms with Gasteiger partial charge in [0, 0.05) is 30.9 Å². The first-order valence-electron chi connectivity index (χ1n) is 9.61. The third-order valence-corrected chi connectivity index (χ3v) is 8.96. The zero-order valence-electron chi connectivity index (χ0n) is 15.9. The second-order valence-corrected chi connectivity index (χ2v) is 9.82. The smallest absolute Gasteiger partial charge is 0.169 e. The van der Waals surface area contributed by atoms with E-state index in [4.69, 9.17) is 0 Å². The van der Waals surface area contributed by atoms with Crippen LogP contribution in [0.25, 0.3) is 0 Å². The third-order valence-electron chi connectivity index (χ3n) is 5.34. The van der Waals surface area contributed by atoms with Crippen LogP contribution in [-0.4, -0.2) is 24.3 Å². The molecule has 0 spiro atoms. The molecule has 1 aliphatic rings. The third kappa shape index (κ3) is 3.64. The number of hydrogen-bond donors (Lipinski definition) is 1. The van der Waals surface area contributed by atoms with Gasteiger partial charge in [0.05, 0.1) is 5.66 Å². The van der Waals surface area contributed by atoms with Crippen molar-refractivity contribution in [1.82, 2.24) is 0 Å². The molecule has 1 aliphatic heterocycles. The minimum atomic E-state index is -3.03. The van der Waals surface area contributed by atoms with Crippen LogP contribution in [0.3, 0.4) is 0 Å². The molecule has 1 N–H and O–H groups in total. The number of nitrogens with zero attached hydrogens (tertiary/aromatic N) is 2. The maximum Gasteiger partial charge on any atom is 0.169 e. The summed E-state index contributed by atoms with van der Waals surface area (Å²) >= 11 is 0. The Kier molecular flexibility index (Phi) is 5.61. The van der Waals surface area contributed by atoms with E-state index in [-0.39, 0.29) is 12.2 Å². The van der Waals surface area contributed by atoms with Gasteiger partial charge in [-0.15, -0.1) is 0 Å². The monoisotopic (exact) mass is 409 g/mol. The molecule has 1 unspecified atom stereocenters. The number of carbonyl (C=O) groups excluding carboxylic acids is 1. The molecule has 29 heavy (non-hydrogen) atoms. The summed E-state index contributed by atoms with van der Waals surface area (Å²) < 4.78 is 17.6. The van der Waals surface area contributed by atoms with Crippen molar-refractivity contribution in [3.8, 4) is 0 Å². The molecule has 3 aromatic rings. The molecular formula is C23H23FN2O2P. The molecule has 0 aliphatic carbocycles. The van der Waals surface area contributed by atoms with Crippen molar-refractivity contribution in [2.45, 2.75) is 12.1 Å². The van der Waals surface area contributed by atoms with Gasteiger partial charge in [0.2, 0.25) is 0 Å². The Morgan fingerprint density at radius 3 is 1.79 bits per heavy atom. The van der Waals surface area contributed by atoms with Crippen LogP contribution in [0.15, 0.2) is 84.9 Å². The van der Waals surface area contributed by atoms with Crippen LogP contribution >= 0.6 is 7.79 Å². The molecule has 0 amide bonds. The number of aldehydes is 1. The summed E-state index contributed by atoms with van der Waals surface area (Å²) in [4.78, 5) is 24.0. The van der Waals surface area contributed by atoms with Gasteiger partial charge in [-0.1, -0.05) is 48.5 Å². The first-order chi connectivity index (χ1) is 14.1. The molecule has 0 bridgehead atoms.